The second-order valence-electron chi connectivity index (χ2n) is 6.16. The summed E-state index contributed by atoms with van der Waals surface area (Å²) in [5.41, 5.74) is 2.10. The molecule has 1 N–H and O–H groups in total. The number of aromatic nitrogens is 1. The number of amides is 1. The zero-order valence-corrected chi connectivity index (χ0v) is 15.9. The summed E-state index contributed by atoms with van der Waals surface area (Å²) in [7, 11) is 1.31. The topological polar surface area (TPSA) is 104 Å². The van der Waals surface area contributed by atoms with Crippen molar-refractivity contribution >= 4 is 17.4 Å². The summed E-state index contributed by atoms with van der Waals surface area (Å²) in [6, 6.07) is 15.1. The highest BCUT2D eigenvalue weighted by atomic mass is 16.6. The maximum absolute atomic E-state index is 12.6. The third-order valence-electron chi connectivity index (χ3n) is 4.29. The van der Waals surface area contributed by atoms with E-state index in [0.29, 0.717) is 12.4 Å². The number of nitro groups is 1. The van der Waals surface area contributed by atoms with Crippen LogP contribution in [0.5, 0.6) is 11.5 Å². The van der Waals surface area contributed by atoms with Gasteiger partial charge in [0.15, 0.2) is 17.3 Å². The van der Waals surface area contributed by atoms with E-state index in [9.17, 15) is 14.9 Å². The number of benzene rings is 2. The summed E-state index contributed by atoms with van der Waals surface area (Å²) in [6.07, 6.45) is 1.53. The molecule has 2 aromatic carbocycles. The van der Waals surface area contributed by atoms with Crippen LogP contribution in [-0.2, 0) is 6.61 Å². The molecular weight excluding hydrogens is 374 g/mol. The third kappa shape index (κ3) is 4.67. The van der Waals surface area contributed by atoms with Crippen molar-refractivity contribution < 1.29 is 19.2 Å². The minimum absolute atomic E-state index is 0.000280. The second kappa shape index (κ2) is 8.83. The van der Waals surface area contributed by atoms with Gasteiger partial charge in [-0.05, 0) is 36.2 Å². The van der Waals surface area contributed by atoms with Crippen molar-refractivity contribution in [3.63, 3.8) is 0 Å². The summed E-state index contributed by atoms with van der Waals surface area (Å²) in [6.45, 7) is 2.32. The quantitative estimate of drug-likeness (QED) is 0.478. The molecule has 0 aliphatic heterocycles. The highest BCUT2D eigenvalue weighted by Gasteiger charge is 2.18. The number of nitrogens with zero attached hydrogens (tertiary/aromatic N) is 2. The summed E-state index contributed by atoms with van der Waals surface area (Å²) in [4.78, 5) is 27.2. The highest BCUT2D eigenvalue weighted by molar-refractivity contribution is 6.04. The number of methoxy groups -OCH3 is 1. The van der Waals surface area contributed by atoms with E-state index in [1.165, 1.54) is 31.5 Å². The molecular formula is C21H19N3O5. The lowest BCUT2D eigenvalue weighted by atomic mass is 10.1. The lowest BCUT2D eigenvalue weighted by molar-refractivity contribution is -0.385. The molecule has 0 saturated carbocycles. The number of aryl methyl sites for hydroxylation is 1. The Morgan fingerprint density at radius 2 is 1.93 bits per heavy atom. The van der Waals surface area contributed by atoms with Gasteiger partial charge in [-0.1, -0.05) is 24.3 Å². The van der Waals surface area contributed by atoms with Crippen LogP contribution < -0.4 is 14.8 Å². The molecule has 0 radical (unpaired) electrons. The van der Waals surface area contributed by atoms with Gasteiger partial charge < -0.3 is 14.8 Å². The van der Waals surface area contributed by atoms with E-state index in [1.54, 1.807) is 12.1 Å². The first kappa shape index (κ1) is 19.8. The first-order valence-corrected chi connectivity index (χ1v) is 8.75. The number of pyridine rings is 1. The monoisotopic (exact) mass is 393 g/mol. The van der Waals surface area contributed by atoms with Gasteiger partial charge in [0.05, 0.1) is 12.0 Å². The van der Waals surface area contributed by atoms with Crippen LogP contribution >= 0.6 is 0 Å². The van der Waals surface area contributed by atoms with Gasteiger partial charge in [-0.2, -0.15) is 0 Å². The van der Waals surface area contributed by atoms with Gasteiger partial charge >= 0.3 is 5.69 Å². The molecule has 3 rings (SSSR count). The standard InChI is InChI=1S/C21H19N3O5/c1-14-6-3-4-7-16(14)13-29-18-8-5-11-22-20(18)23-21(25)15-9-10-17(24(26)27)19(12-15)28-2/h3-12H,13H2,1-2H3,(H,22,23,25). The molecule has 1 amide bonds. The van der Waals surface area contributed by atoms with E-state index in [0.717, 1.165) is 11.1 Å². The first-order valence-electron chi connectivity index (χ1n) is 8.75. The smallest absolute Gasteiger partial charge is 0.310 e. The summed E-state index contributed by atoms with van der Waals surface area (Å²) in [5, 5.41) is 13.7. The molecule has 8 nitrogen and oxygen atoms in total. The van der Waals surface area contributed by atoms with Crippen LogP contribution in [0.1, 0.15) is 21.5 Å². The number of nitro benzene ring substituents is 1. The van der Waals surface area contributed by atoms with Crippen LogP contribution in [0, 0.1) is 17.0 Å². The molecule has 0 unspecified atom stereocenters. The average molecular weight is 393 g/mol. The van der Waals surface area contributed by atoms with Crippen LogP contribution in [0.2, 0.25) is 0 Å². The zero-order chi connectivity index (χ0) is 20.8. The lowest BCUT2D eigenvalue weighted by Gasteiger charge is -2.13. The number of ether oxygens (including phenoxy) is 2. The predicted molar refractivity (Wildman–Crippen MR) is 107 cm³/mol. The molecule has 148 valence electrons. The van der Waals surface area contributed by atoms with Crippen molar-refractivity contribution in [3.8, 4) is 11.5 Å². The summed E-state index contributed by atoms with van der Waals surface area (Å²) >= 11 is 0. The van der Waals surface area contributed by atoms with Gasteiger partial charge in [0.25, 0.3) is 5.91 Å². The van der Waals surface area contributed by atoms with Gasteiger partial charge in [0.2, 0.25) is 0 Å². The van der Waals surface area contributed by atoms with Crippen LogP contribution in [0.15, 0.2) is 60.8 Å². The van der Waals surface area contributed by atoms with Gasteiger partial charge in [0.1, 0.15) is 6.61 Å². The van der Waals surface area contributed by atoms with Crippen LogP contribution in [-0.4, -0.2) is 22.9 Å². The summed E-state index contributed by atoms with van der Waals surface area (Å²) in [5.74, 6) is 0.179. The Morgan fingerprint density at radius 3 is 2.66 bits per heavy atom. The van der Waals surface area contributed by atoms with Crippen LogP contribution in [0.3, 0.4) is 0 Å². The molecule has 1 heterocycles. The van der Waals surface area contributed by atoms with Gasteiger partial charge in [-0.15, -0.1) is 0 Å². The first-order chi connectivity index (χ1) is 14.0. The van der Waals surface area contributed by atoms with E-state index in [-0.39, 0.29) is 22.8 Å². The van der Waals surface area contributed by atoms with Crippen molar-refractivity contribution in [1.29, 1.82) is 0 Å². The van der Waals surface area contributed by atoms with Crippen LogP contribution in [0.4, 0.5) is 11.5 Å². The average Bonchev–Trinajstić information content (AvgIpc) is 2.73. The number of rotatable bonds is 7. The normalized spacial score (nSPS) is 10.3. The lowest BCUT2D eigenvalue weighted by Crippen LogP contribution is -2.14. The molecule has 29 heavy (non-hydrogen) atoms. The van der Waals surface area contributed by atoms with E-state index in [1.807, 2.05) is 31.2 Å². The molecule has 0 bridgehead atoms. The highest BCUT2D eigenvalue weighted by Crippen LogP contribution is 2.29. The van der Waals surface area contributed by atoms with E-state index in [4.69, 9.17) is 9.47 Å². The Hall–Kier alpha value is -3.94. The SMILES string of the molecule is COc1cc(C(=O)Nc2ncccc2OCc2ccccc2C)ccc1[N+](=O)[O-]. The maximum atomic E-state index is 12.6. The fourth-order valence-electron chi connectivity index (χ4n) is 2.68. The largest absolute Gasteiger partial charge is 0.490 e. The minimum atomic E-state index is -0.573. The van der Waals surface area contributed by atoms with Gasteiger partial charge in [-0.3, -0.25) is 14.9 Å². The van der Waals surface area contributed by atoms with E-state index >= 15 is 0 Å². The Balaban J connectivity index is 1.77. The van der Waals surface area contributed by atoms with Gasteiger partial charge in [0, 0.05) is 23.9 Å². The Bertz CT molecular complexity index is 1050. The Labute approximate surface area is 167 Å². The van der Waals surface area contributed by atoms with E-state index in [2.05, 4.69) is 10.3 Å². The van der Waals surface area contributed by atoms with E-state index < -0.39 is 10.8 Å². The molecule has 0 aliphatic carbocycles. The summed E-state index contributed by atoms with van der Waals surface area (Å²) < 4.78 is 10.9. The molecule has 8 heteroatoms. The number of carbonyl (C=O) groups is 1. The number of nitrogens with one attached hydrogen (secondary N) is 1. The van der Waals surface area contributed by atoms with Crippen LogP contribution in [0.25, 0.3) is 0 Å². The van der Waals surface area contributed by atoms with Crippen molar-refractivity contribution in [3.05, 3.63) is 87.6 Å². The Morgan fingerprint density at radius 1 is 1.14 bits per heavy atom. The van der Waals surface area contributed by atoms with Crippen molar-refractivity contribution in [2.45, 2.75) is 13.5 Å². The third-order valence-corrected chi connectivity index (χ3v) is 4.29. The number of anilines is 1. The maximum Gasteiger partial charge on any atom is 0.310 e. The second-order valence-corrected chi connectivity index (χ2v) is 6.16. The predicted octanol–water partition coefficient (Wildman–Crippen LogP) is 4.14. The minimum Gasteiger partial charge on any atom is -0.490 e. The molecule has 0 aliphatic rings. The molecule has 0 spiro atoms. The molecule has 0 fully saturated rings. The molecule has 0 atom stereocenters. The molecule has 1 aromatic heterocycles. The number of hydrogen-bond donors (Lipinski definition) is 1. The molecule has 3 aromatic rings. The molecule has 0 saturated heterocycles. The Kier molecular flexibility index (Phi) is 6.03. The fraction of sp³-hybridized carbons (Fsp3) is 0.143. The number of carbonyl (C=O) groups excluding carboxylic acids is 1. The van der Waals surface area contributed by atoms with Crippen molar-refractivity contribution in [1.82, 2.24) is 4.98 Å². The van der Waals surface area contributed by atoms with Gasteiger partial charge in [-0.25, -0.2) is 4.98 Å². The zero-order valence-electron chi connectivity index (χ0n) is 15.9. The fourth-order valence-corrected chi connectivity index (χ4v) is 2.68. The van der Waals surface area contributed by atoms with Crippen molar-refractivity contribution in [2.24, 2.45) is 0 Å². The number of hydrogen-bond acceptors (Lipinski definition) is 6. The van der Waals surface area contributed by atoms with Crippen molar-refractivity contribution in [2.75, 3.05) is 12.4 Å².